The van der Waals surface area contributed by atoms with Gasteiger partial charge in [0, 0.05) is 155 Å². The van der Waals surface area contributed by atoms with Crippen LogP contribution in [0.25, 0.3) is 5.00 Å². The average Bonchev–Trinajstić information content (AvgIpc) is 1.59. The fourth-order valence-corrected chi connectivity index (χ4v) is 15.6. The van der Waals surface area contributed by atoms with Crippen LogP contribution in [0.3, 0.4) is 0 Å². The van der Waals surface area contributed by atoms with Crippen LogP contribution in [0.5, 0.6) is 5.75 Å². The quantitative estimate of drug-likeness (QED) is 0.0159. The number of amides is 10. The van der Waals surface area contributed by atoms with Gasteiger partial charge in [-0.1, -0.05) is 23.7 Å². The highest BCUT2D eigenvalue weighted by molar-refractivity contribution is 7.15. The van der Waals surface area contributed by atoms with Crippen LogP contribution in [0.4, 0.5) is 34.4 Å². The minimum absolute atomic E-state index is 0.00591. The lowest BCUT2D eigenvalue weighted by Crippen LogP contribution is -2.31. The van der Waals surface area contributed by atoms with Crippen molar-refractivity contribution in [2.45, 2.75) is 125 Å². The molecule has 2 aromatic carbocycles. The van der Waals surface area contributed by atoms with E-state index in [2.05, 4.69) is 97.1 Å². The maximum Gasteiger partial charge on any atom is 0.291 e. The van der Waals surface area contributed by atoms with E-state index in [1.165, 1.54) is 35.3 Å². The molecule has 0 saturated heterocycles. The number of hydrogen-bond donors (Lipinski definition) is 10. The molecule has 1 aliphatic heterocycles. The van der Waals surface area contributed by atoms with Gasteiger partial charge >= 0.3 is 0 Å². The molecule has 1 aliphatic rings. The number of nitrogens with one attached hydrogen (secondary N) is 10. The molecule has 0 unspecified atom stereocenters. The molecule has 1 atom stereocenters. The molecule has 706 valence electrons. The SMILES string of the molecule is Cc1sc2c(c1C)C(c1ccc(Cl)cc1)=N[C@@H](CC(=O)Nc1ccc(OCCOCCOCCOCCOCCOCCC(=O)NCCCN(C)CCCNC(=O)c3cc(NC(=O)c4nc(NC(=O)CCNC(=O)c5c(NC(=O)c6nc(NC(=O)CCNC(=O)c7cc(NC(=O)c8nccn8C(C)C)cn7C)cn6C(C)C)ccn5C)cn4C(C)C)cn3C)cc1)c1nnc(C)n1-2. The van der Waals surface area contributed by atoms with E-state index in [0.717, 1.165) is 51.1 Å². The third kappa shape index (κ3) is 27.8. The Hall–Kier alpha value is -13.0. The molecule has 0 saturated carbocycles. The van der Waals surface area contributed by atoms with Crippen LogP contribution in [0.2, 0.25) is 5.02 Å². The molecule has 10 aromatic rings. The van der Waals surface area contributed by atoms with Crippen LogP contribution in [0.15, 0.2) is 115 Å². The van der Waals surface area contributed by atoms with Crippen LogP contribution >= 0.6 is 22.9 Å². The first kappa shape index (κ1) is 99.5. The van der Waals surface area contributed by atoms with Crippen molar-refractivity contribution in [3.8, 4) is 10.8 Å². The summed E-state index contributed by atoms with van der Waals surface area (Å²) in [5.74, 6) is -2.22. The summed E-state index contributed by atoms with van der Waals surface area (Å²) in [6, 6.07) is 18.2. The smallest absolute Gasteiger partial charge is 0.291 e. The van der Waals surface area contributed by atoms with Crippen molar-refractivity contribution < 1.29 is 76.4 Å². The van der Waals surface area contributed by atoms with Crippen LogP contribution in [0.1, 0.15) is 201 Å². The summed E-state index contributed by atoms with van der Waals surface area (Å²) >= 11 is 7.92. The Morgan fingerprint density at radius 3 is 1.55 bits per heavy atom. The van der Waals surface area contributed by atoms with Crippen molar-refractivity contribution in [3.63, 3.8) is 0 Å². The van der Waals surface area contributed by atoms with Crippen LogP contribution in [-0.4, -0.2) is 246 Å². The first-order chi connectivity index (χ1) is 63.4. The Morgan fingerprint density at radius 1 is 0.492 bits per heavy atom. The molecule has 10 amide bonds. The van der Waals surface area contributed by atoms with E-state index >= 15 is 0 Å². The number of carbonyl (C=O) groups excluding carboxylic acids is 10. The van der Waals surface area contributed by atoms with E-state index in [4.69, 9.17) is 45.0 Å². The zero-order chi connectivity index (χ0) is 94.7. The van der Waals surface area contributed by atoms with E-state index in [1.54, 1.807) is 110 Å². The van der Waals surface area contributed by atoms with Crippen molar-refractivity contribution in [3.05, 3.63) is 183 Å². The van der Waals surface area contributed by atoms with Crippen molar-refractivity contribution in [2.75, 3.05) is 151 Å². The minimum atomic E-state index is -0.683. The lowest BCUT2D eigenvalue weighted by molar-refractivity contribution is -0.122. The third-order valence-corrected chi connectivity index (χ3v) is 22.6. The number of hydrogen-bond acceptors (Lipinski definition) is 24. The second kappa shape index (κ2) is 48.2. The van der Waals surface area contributed by atoms with Crippen LogP contribution in [0, 0.1) is 20.8 Å². The molecule has 0 bridgehead atoms. The van der Waals surface area contributed by atoms with Gasteiger partial charge in [-0.05, 0) is 155 Å². The zero-order valence-corrected chi connectivity index (χ0v) is 78.1. The van der Waals surface area contributed by atoms with Crippen molar-refractivity contribution in [2.24, 2.45) is 26.1 Å². The van der Waals surface area contributed by atoms with Crippen molar-refractivity contribution in [1.82, 2.24) is 83.3 Å². The summed E-state index contributed by atoms with van der Waals surface area (Å²) in [6.07, 6.45) is 12.3. The Bertz CT molecular complexity index is 5690. The fourth-order valence-electron chi connectivity index (χ4n) is 14.2. The number of ether oxygens (including phenoxy) is 6. The van der Waals surface area contributed by atoms with Gasteiger partial charge in [0.15, 0.2) is 23.3 Å². The van der Waals surface area contributed by atoms with E-state index in [-0.39, 0.29) is 127 Å². The van der Waals surface area contributed by atoms with Gasteiger partial charge in [-0.25, -0.2) is 15.0 Å². The van der Waals surface area contributed by atoms with Gasteiger partial charge in [0.05, 0.1) is 95.3 Å². The van der Waals surface area contributed by atoms with E-state index in [1.807, 2.05) is 84.3 Å². The van der Waals surface area contributed by atoms with E-state index in [0.29, 0.717) is 131 Å². The third-order valence-electron chi connectivity index (χ3n) is 21.1. The summed E-state index contributed by atoms with van der Waals surface area (Å²) in [4.78, 5) is 155. The molecule has 0 radical (unpaired) electrons. The molecule has 8 aromatic heterocycles. The van der Waals surface area contributed by atoms with Gasteiger partial charge in [0.25, 0.3) is 35.4 Å². The lowest BCUT2D eigenvalue weighted by atomic mass is 9.99. The van der Waals surface area contributed by atoms with Crippen LogP contribution in [-0.2, 0) is 64.0 Å². The predicted molar refractivity (Wildman–Crippen MR) is 498 cm³/mol. The number of fused-ring (bicyclic) bond motifs is 3. The summed E-state index contributed by atoms with van der Waals surface area (Å²) in [6.45, 7) is 23.4. The van der Waals surface area contributed by atoms with E-state index in [9.17, 15) is 47.9 Å². The molecular weight excluding hydrogens is 1740 g/mol. The van der Waals surface area contributed by atoms with Gasteiger partial charge in [-0.3, -0.25) is 57.5 Å². The molecule has 42 heteroatoms. The predicted octanol–water partition coefficient (Wildman–Crippen LogP) is 9.56. The van der Waals surface area contributed by atoms with Crippen molar-refractivity contribution >= 4 is 122 Å². The Morgan fingerprint density at radius 2 is 1.00 bits per heavy atom. The largest absolute Gasteiger partial charge is 0.491 e. The molecule has 132 heavy (non-hydrogen) atoms. The monoisotopic (exact) mass is 1860 g/mol. The maximum absolute atomic E-state index is 13.9. The number of halogens is 1. The average molecular weight is 1860 g/mol. The lowest BCUT2D eigenvalue weighted by Gasteiger charge is -2.17. The highest BCUT2D eigenvalue weighted by Gasteiger charge is 2.34. The van der Waals surface area contributed by atoms with Gasteiger partial charge in [0.1, 0.15) is 46.3 Å². The number of thiophene rings is 1. The van der Waals surface area contributed by atoms with Crippen molar-refractivity contribution in [1.29, 1.82) is 0 Å². The number of aliphatic imine (C=N–C) groups is 1. The Kier molecular flexibility index (Phi) is 36.4. The number of imidazole rings is 3. The molecule has 0 aliphatic carbocycles. The molecule has 11 rings (SSSR count). The van der Waals surface area contributed by atoms with Gasteiger partial charge in [-0.2, -0.15) is 0 Å². The number of benzene rings is 2. The number of anilines is 6. The minimum Gasteiger partial charge on any atom is -0.491 e. The number of rotatable bonds is 51. The molecular formula is C90H117ClN24O16S. The molecule has 40 nitrogen and oxygen atoms in total. The number of aromatic nitrogens is 12. The zero-order valence-electron chi connectivity index (χ0n) is 76.5. The Labute approximate surface area is 773 Å². The van der Waals surface area contributed by atoms with Gasteiger partial charge in [-0.15, -0.1) is 21.5 Å². The summed E-state index contributed by atoms with van der Waals surface area (Å²) in [7, 11) is 6.91. The first-order valence-electron chi connectivity index (χ1n) is 43.7. The molecule has 0 fully saturated rings. The molecule has 9 heterocycles. The summed E-state index contributed by atoms with van der Waals surface area (Å²) in [5.41, 5.74) is 5.88. The second-order valence-corrected chi connectivity index (χ2v) is 33.9. The van der Waals surface area contributed by atoms with Crippen LogP contribution < -0.4 is 57.9 Å². The topological polar surface area (TPSA) is 461 Å². The number of aryl methyl sites for hydroxylation is 5. The Balaban J connectivity index is 0.482. The van der Waals surface area contributed by atoms with Gasteiger partial charge < -0.3 is 114 Å². The first-order valence-corrected chi connectivity index (χ1v) is 44.9. The number of nitrogens with zero attached hydrogens (tertiary/aromatic N) is 14. The highest BCUT2D eigenvalue weighted by atomic mass is 35.5. The number of carbonyl (C=O) groups is 10. The molecule has 10 N–H and O–H groups in total. The second-order valence-electron chi connectivity index (χ2n) is 32.2. The standard InChI is InChI=1S/C90H117ClN24O16S/c1-55(2)112-36-32-93-81(112)87(123)98-64-48-70(111(13)51-64)85(121)95-30-24-74(117)103-72-54-114(57(5)6)83(105-72)89(125)101-67-26-35-109(11)79(67)86(122)96-31-25-75(118)102-71-53-113(56(3)4)82(104-71)88(124)99-65-49-69(110(12)52-65)84(120)94-29-15-34-108(10)33-14-28-92-73(116)27-37-126-38-39-127-40-41-128-42-43-129-44-45-130-46-47-131-66-22-20-63(21-23-66)97-76(119)50-68-80-107-106-60(9)115(80)90-77(58(7)59(8)132-90)78(100-68)61-16-18-62(91)19-17-61/h16-23,26,32,35-36,48-49,51-57,68H,14-15,24-25,27-31,33-34,37-47,50H2,1-13H3,(H,92,116)(H,94,120)(H,95,121)(H,96,122)(H,97,119)(H,98,123)(H,99,124)(H,101,125)(H,102,118)(H,103,117)/t68-/m0/s1. The summed E-state index contributed by atoms with van der Waals surface area (Å²) in [5, 5.41) is 38.5. The summed E-state index contributed by atoms with van der Waals surface area (Å²) < 4.78 is 45.5. The highest BCUT2D eigenvalue weighted by Crippen LogP contribution is 2.40. The van der Waals surface area contributed by atoms with E-state index < -0.39 is 47.4 Å². The fraction of sp³-hybridized carbons (Fsp3) is 0.444. The molecule has 0 spiro atoms. The maximum atomic E-state index is 13.9. The van der Waals surface area contributed by atoms with Gasteiger partial charge in [0.2, 0.25) is 35.3 Å². The normalized spacial score (nSPS) is 12.3.